The first-order chi connectivity index (χ1) is 8.69. The molecule has 0 aromatic heterocycles. The fourth-order valence-corrected chi connectivity index (χ4v) is 2.78. The fraction of sp³-hybridized carbons (Fsp3) is 0.333. The van der Waals surface area contributed by atoms with Crippen LogP contribution in [-0.4, -0.2) is 0 Å². The minimum absolute atomic E-state index is 1.10. The predicted molar refractivity (Wildman–Crippen MR) is 80.1 cm³/mol. The standard InChI is InChI=1S/C18H22/c1-5-15-10-8-11-17(14(15)4)18-12-7-9-13(3)16(18)6-2/h7-12H,5-6H2,1-4H3. The van der Waals surface area contributed by atoms with Crippen LogP contribution in [0.5, 0.6) is 0 Å². The monoisotopic (exact) mass is 238 g/mol. The molecule has 0 spiro atoms. The maximum Gasteiger partial charge on any atom is -0.0147 e. The second-order valence-corrected chi connectivity index (χ2v) is 4.90. The minimum atomic E-state index is 1.10. The van der Waals surface area contributed by atoms with Gasteiger partial charge in [0.05, 0.1) is 0 Å². The van der Waals surface area contributed by atoms with Crippen molar-refractivity contribution in [1.29, 1.82) is 0 Å². The highest BCUT2D eigenvalue weighted by atomic mass is 14.1. The molecule has 0 fully saturated rings. The third kappa shape index (κ3) is 2.20. The van der Waals surface area contributed by atoms with E-state index < -0.39 is 0 Å². The Bertz CT molecular complexity index is 550. The molecule has 0 saturated heterocycles. The summed E-state index contributed by atoms with van der Waals surface area (Å²) in [5, 5.41) is 0. The molecular weight excluding hydrogens is 216 g/mol. The van der Waals surface area contributed by atoms with Crippen LogP contribution in [0.1, 0.15) is 36.1 Å². The van der Waals surface area contributed by atoms with Crippen molar-refractivity contribution in [2.45, 2.75) is 40.5 Å². The van der Waals surface area contributed by atoms with Crippen LogP contribution in [0.3, 0.4) is 0 Å². The third-order valence-electron chi connectivity index (χ3n) is 3.88. The van der Waals surface area contributed by atoms with Crippen molar-refractivity contribution in [1.82, 2.24) is 0 Å². The van der Waals surface area contributed by atoms with Gasteiger partial charge in [0.25, 0.3) is 0 Å². The van der Waals surface area contributed by atoms with Crippen molar-refractivity contribution in [2.75, 3.05) is 0 Å². The van der Waals surface area contributed by atoms with E-state index in [1.165, 1.54) is 33.4 Å². The van der Waals surface area contributed by atoms with Crippen LogP contribution >= 0.6 is 0 Å². The van der Waals surface area contributed by atoms with Gasteiger partial charge in [0.15, 0.2) is 0 Å². The van der Waals surface area contributed by atoms with Gasteiger partial charge in [0.2, 0.25) is 0 Å². The number of rotatable bonds is 3. The van der Waals surface area contributed by atoms with Crippen molar-refractivity contribution in [3.63, 3.8) is 0 Å². The molecule has 0 heterocycles. The van der Waals surface area contributed by atoms with E-state index in [-0.39, 0.29) is 0 Å². The minimum Gasteiger partial charge on any atom is -0.0614 e. The lowest BCUT2D eigenvalue weighted by Crippen LogP contribution is -1.95. The highest BCUT2D eigenvalue weighted by Gasteiger charge is 2.09. The largest absolute Gasteiger partial charge is 0.0614 e. The molecule has 0 atom stereocenters. The predicted octanol–water partition coefficient (Wildman–Crippen LogP) is 5.10. The van der Waals surface area contributed by atoms with Crippen LogP contribution in [-0.2, 0) is 12.8 Å². The molecule has 0 bridgehead atoms. The summed E-state index contributed by atoms with van der Waals surface area (Å²) < 4.78 is 0. The molecule has 0 heteroatoms. The van der Waals surface area contributed by atoms with E-state index in [4.69, 9.17) is 0 Å². The molecule has 0 nitrogen and oxygen atoms in total. The zero-order chi connectivity index (χ0) is 13.1. The third-order valence-corrected chi connectivity index (χ3v) is 3.88. The van der Waals surface area contributed by atoms with Crippen molar-refractivity contribution in [2.24, 2.45) is 0 Å². The molecule has 2 aromatic rings. The Morgan fingerprint density at radius 3 is 2.11 bits per heavy atom. The van der Waals surface area contributed by atoms with Gasteiger partial charge in [-0.05, 0) is 60.1 Å². The lowest BCUT2D eigenvalue weighted by molar-refractivity contribution is 1.09. The van der Waals surface area contributed by atoms with Crippen LogP contribution in [0, 0.1) is 13.8 Å². The van der Waals surface area contributed by atoms with Gasteiger partial charge in [-0.3, -0.25) is 0 Å². The maximum absolute atomic E-state index is 2.26. The van der Waals surface area contributed by atoms with Crippen molar-refractivity contribution in [3.8, 4) is 11.1 Å². The Balaban J connectivity index is 2.66. The summed E-state index contributed by atoms with van der Waals surface area (Å²) in [7, 11) is 0. The Hall–Kier alpha value is -1.56. The van der Waals surface area contributed by atoms with Crippen LogP contribution < -0.4 is 0 Å². The Morgan fingerprint density at radius 1 is 0.778 bits per heavy atom. The summed E-state index contributed by atoms with van der Waals surface area (Å²) in [6.07, 6.45) is 2.20. The van der Waals surface area contributed by atoms with E-state index in [0.717, 1.165) is 12.8 Å². The molecule has 0 unspecified atom stereocenters. The molecule has 18 heavy (non-hydrogen) atoms. The highest BCUT2D eigenvalue weighted by Crippen LogP contribution is 2.30. The summed E-state index contributed by atoms with van der Waals surface area (Å²) in [4.78, 5) is 0. The molecule has 2 aromatic carbocycles. The number of hydrogen-bond acceptors (Lipinski definition) is 0. The molecule has 0 aliphatic heterocycles. The van der Waals surface area contributed by atoms with Gasteiger partial charge in [-0.2, -0.15) is 0 Å². The Morgan fingerprint density at radius 2 is 1.44 bits per heavy atom. The lowest BCUT2D eigenvalue weighted by atomic mass is 9.90. The second-order valence-electron chi connectivity index (χ2n) is 4.90. The first kappa shape index (κ1) is 12.9. The molecule has 0 aliphatic rings. The second kappa shape index (κ2) is 5.39. The van der Waals surface area contributed by atoms with Gasteiger partial charge in [0, 0.05) is 0 Å². The highest BCUT2D eigenvalue weighted by molar-refractivity contribution is 5.72. The van der Waals surface area contributed by atoms with Crippen LogP contribution in [0.2, 0.25) is 0 Å². The summed E-state index contributed by atoms with van der Waals surface area (Å²) >= 11 is 0. The molecular formula is C18H22. The van der Waals surface area contributed by atoms with Crippen LogP contribution in [0.4, 0.5) is 0 Å². The van der Waals surface area contributed by atoms with Gasteiger partial charge in [-0.25, -0.2) is 0 Å². The molecule has 94 valence electrons. The van der Waals surface area contributed by atoms with E-state index in [0.29, 0.717) is 0 Å². The van der Waals surface area contributed by atoms with Crippen molar-refractivity contribution < 1.29 is 0 Å². The summed E-state index contributed by atoms with van der Waals surface area (Å²) in [5.41, 5.74) is 8.57. The molecule has 2 rings (SSSR count). The normalized spacial score (nSPS) is 10.7. The van der Waals surface area contributed by atoms with Crippen LogP contribution in [0.15, 0.2) is 36.4 Å². The first-order valence-corrected chi connectivity index (χ1v) is 6.86. The lowest BCUT2D eigenvalue weighted by Gasteiger charge is -2.15. The topological polar surface area (TPSA) is 0 Å². The summed E-state index contributed by atoms with van der Waals surface area (Å²) in [6, 6.07) is 13.3. The average molecular weight is 238 g/mol. The van der Waals surface area contributed by atoms with E-state index >= 15 is 0 Å². The van der Waals surface area contributed by atoms with Crippen LogP contribution in [0.25, 0.3) is 11.1 Å². The molecule has 0 aliphatic carbocycles. The van der Waals surface area contributed by atoms with E-state index in [1.807, 2.05) is 0 Å². The molecule has 0 saturated carbocycles. The number of benzene rings is 2. The molecule has 0 radical (unpaired) electrons. The fourth-order valence-electron chi connectivity index (χ4n) is 2.78. The van der Waals surface area contributed by atoms with Gasteiger partial charge in [-0.1, -0.05) is 50.2 Å². The number of aryl methyl sites for hydroxylation is 2. The van der Waals surface area contributed by atoms with E-state index in [2.05, 4.69) is 64.1 Å². The van der Waals surface area contributed by atoms with Crippen molar-refractivity contribution >= 4 is 0 Å². The maximum atomic E-state index is 2.26. The van der Waals surface area contributed by atoms with Gasteiger partial charge >= 0.3 is 0 Å². The van der Waals surface area contributed by atoms with Gasteiger partial charge in [-0.15, -0.1) is 0 Å². The van der Waals surface area contributed by atoms with Gasteiger partial charge < -0.3 is 0 Å². The quantitative estimate of drug-likeness (QED) is 0.698. The Labute approximate surface area is 111 Å². The number of hydrogen-bond donors (Lipinski definition) is 0. The molecule has 0 N–H and O–H groups in total. The van der Waals surface area contributed by atoms with Crippen molar-refractivity contribution in [3.05, 3.63) is 58.7 Å². The summed E-state index contributed by atoms with van der Waals surface area (Å²) in [5.74, 6) is 0. The first-order valence-electron chi connectivity index (χ1n) is 6.86. The molecule has 0 amide bonds. The van der Waals surface area contributed by atoms with E-state index in [9.17, 15) is 0 Å². The summed E-state index contributed by atoms with van der Waals surface area (Å²) in [6.45, 7) is 8.92. The zero-order valence-corrected chi connectivity index (χ0v) is 11.9. The smallest absolute Gasteiger partial charge is 0.0147 e. The van der Waals surface area contributed by atoms with E-state index in [1.54, 1.807) is 0 Å². The SMILES string of the molecule is CCc1cccc(-c2cccc(C)c2CC)c1C. The Kier molecular flexibility index (Phi) is 3.86. The zero-order valence-electron chi connectivity index (χ0n) is 11.9. The average Bonchev–Trinajstić information content (AvgIpc) is 2.39. The van der Waals surface area contributed by atoms with Gasteiger partial charge in [0.1, 0.15) is 0 Å².